The Morgan fingerprint density at radius 3 is 2.61 bits per heavy atom. The molecule has 1 N–H and O–H groups in total. The fourth-order valence-electron chi connectivity index (χ4n) is 2.05. The summed E-state index contributed by atoms with van der Waals surface area (Å²) >= 11 is 15.5. The van der Waals surface area contributed by atoms with Crippen molar-refractivity contribution in [3.8, 4) is 5.75 Å². The summed E-state index contributed by atoms with van der Waals surface area (Å²) in [7, 11) is 0. The van der Waals surface area contributed by atoms with Crippen molar-refractivity contribution in [1.29, 1.82) is 0 Å². The van der Waals surface area contributed by atoms with Gasteiger partial charge in [0.2, 0.25) is 0 Å². The van der Waals surface area contributed by atoms with E-state index in [0.29, 0.717) is 22.7 Å². The summed E-state index contributed by atoms with van der Waals surface area (Å²) in [4.78, 5) is 0. The van der Waals surface area contributed by atoms with E-state index in [1.165, 1.54) is 0 Å². The number of ether oxygens (including phenoxy) is 1. The summed E-state index contributed by atoms with van der Waals surface area (Å²) in [5, 5.41) is 4.59. The summed E-state index contributed by atoms with van der Waals surface area (Å²) in [6.07, 6.45) is 1.09. The predicted octanol–water partition coefficient (Wildman–Crippen LogP) is 6.22. The normalized spacial score (nSPS) is 12.2. The van der Waals surface area contributed by atoms with Crippen molar-refractivity contribution in [3.63, 3.8) is 0 Å². The first-order valence-electron chi connectivity index (χ1n) is 7.58. The Labute approximate surface area is 156 Å². The first-order valence-corrected chi connectivity index (χ1v) is 9.13. The smallest absolute Gasteiger partial charge is 0.124 e. The second-order valence-electron chi connectivity index (χ2n) is 5.48. The highest BCUT2D eigenvalue weighted by Gasteiger charge is 2.08. The van der Waals surface area contributed by atoms with Gasteiger partial charge in [0.1, 0.15) is 12.4 Å². The number of benzene rings is 2. The van der Waals surface area contributed by atoms with Crippen molar-refractivity contribution in [2.24, 2.45) is 0 Å². The molecule has 0 saturated heterocycles. The van der Waals surface area contributed by atoms with Crippen molar-refractivity contribution in [3.05, 3.63) is 62.0 Å². The van der Waals surface area contributed by atoms with Crippen molar-refractivity contribution in [2.45, 2.75) is 39.5 Å². The molecule has 0 fully saturated rings. The van der Waals surface area contributed by atoms with E-state index in [4.69, 9.17) is 27.9 Å². The van der Waals surface area contributed by atoms with E-state index >= 15 is 0 Å². The summed E-state index contributed by atoms with van der Waals surface area (Å²) in [5.41, 5.74) is 2.11. The van der Waals surface area contributed by atoms with Crippen LogP contribution >= 0.6 is 39.1 Å². The van der Waals surface area contributed by atoms with Crippen LogP contribution in [-0.2, 0) is 13.2 Å². The average molecular weight is 417 g/mol. The lowest BCUT2D eigenvalue weighted by atomic mass is 10.1. The van der Waals surface area contributed by atoms with Gasteiger partial charge in [-0.15, -0.1) is 0 Å². The molecule has 1 atom stereocenters. The minimum atomic E-state index is 0.453. The Morgan fingerprint density at radius 2 is 1.91 bits per heavy atom. The van der Waals surface area contributed by atoms with Gasteiger partial charge >= 0.3 is 0 Å². The van der Waals surface area contributed by atoms with Crippen molar-refractivity contribution < 1.29 is 4.74 Å². The van der Waals surface area contributed by atoms with Crippen LogP contribution in [-0.4, -0.2) is 6.04 Å². The molecule has 0 aliphatic carbocycles. The van der Waals surface area contributed by atoms with Crippen LogP contribution in [0.5, 0.6) is 5.75 Å². The van der Waals surface area contributed by atoms with Crippen molar-refractivity contribution in [1.82, 2.24) is 5.32 Å². The number of hydrogen-bond donors (Lipinski definition) is 1. The molecule has 0 radical (unpaired) electrons. The van der Waals surface area contributed by atoms with Crippen LogP contribution in [0.1, 0.15) is 31.4 Å². The third kappa shape index (κ3) is 5.68. The lowest BCUT2D eigenvalue weighted by Crippen LogP contribution is -2.24. The molecule has 0 aliphatic rings. The molecular formula is C18H20BrCl2NO. The summed E-state index contributed by atoms with van der Waals surface area (Å²) in [5.74, 6) is 0.870. The fourth-order valence-corrected chi connectivity index (χ4v) is 2.78. The molecule has 0 bridgehead atoms. The Bertz CT molecular complexity index is 663. The van der Waals surface area contributed by atoms with E-state index < -0.39 is 0 Å². The summed E-state index contributed by atoms with van der Waals surface area (Å²) < 4.78 is 7.02. The van der Waals surface area contributed by atoms with E-state index in [0.717, 1.165) is 34.3 Å². The summed E-state index contributed by atoms with van der Waals surface area (Å²) in [6.45, 7) is 5.56. The van der Waals surface area contributed by atoms with Crippen molar-refractivity contribution >= 4 is 39.1 Å². The third-order valence-corrected chi connectivity index (χ3v) is 4.89. The molecule has 5 heteroatoms. The molecule has 0 amide bonds. The molecule has 0 aliphatic heterocycles. The first kappa shape index (κ1) is 18.6. The maximum absolute atomic E-state index is 6.04. The van der Waals surface area contributed by atoms with Gasteiger partial charge in [0.25, 0.3) is 0 Å². The molecule has 1 unspecified atom stereocenters. The largest absolute Gasteiger partial charge is 0.489 e. The van der Waals surface area contributed by atoms with E-state index in [9.17, 15) is 0 Å². The number of rotatable bonds is 7. The van der Waals surface area contributed by atoms with Crippen LogP contribution in [0.3, 0.4) is 0 Å². The van der Waals surface area contributed by atoms with E-state index in [1.54, 1.807) is 6.07 Å². The second kappa shape index (κ2) is 8.93. The molecule has 0 aromatic heterocycles. The first-order chi connectivity index (χ1) is 11.0. The third-order valence-electron chi connectivity index (χ3n) is 3.65. The van der Waals surface area contributed by atoms with Crippen LogP contribution in [0.2, 0.25) is 10.0 Å². The SMILES string of the molecule is CCC(C)NCc1cc(Br)ccc1OCc1ccc(Cl)c(Cl)c1. The van der Waals surface area contributed by atoms with Crippen molar-refractivity contribution in [2.75, 3.05) is 0 Å². The van der Waals surface area contributed by atoms with E-state index in [-0.39, 0.29) is 0 Å². The van der Waals surface area contributed by atoms with E-state index in [2.05, 4.69) is 41.2 Å². The minimum Gasteiger partial charge on any atom is -0.489 e. The molecule has 0 saturated carbocycles. The lowest BCUT2D eigenvalue weighted by Gasteiger charge is -2.16. The van der Waals surface area contributed by atoms with Crippen LogP contribution in [0.25, 0.3) is 0 Å². The fraction of sp³-hybridized carbons (Fsp3) is 0.333. The molecule has 2 aromatic carbocycles. The molecular weight excluding hydrogens is 397 g/mol. The van der Waals surface area contributed by atoms with Gasteiger partial charge in [-0.05, 0) is 49.2 Å². The van der Waals surface area contributed by atoms with Crippen LogP contribution < -0.4 is 10.1 Å². The number of nitrogens with one attached hydrogen (secondary N) is 1. The maximum Gasteiger partial charge on any atom is 0.124 e. The molecule has 0 heterocycles. The Balaban J connectivity index is 2.07. The molecule has 0 spiro atoms. The quantitative estimate of drug-likeness (QED) is 0.578. The van der Waals surface area contributed by atoms with Gasteiger partial charge in [-0.2, -0.15) is 0 Å². The molecule has 124 valence electrons. The van der Waals surface area contributed by atoms with Crippen LogP contribution in [0.15, 0.2) is 40.9 Å². The van der Waals surface area contributed by atoms with E-state index in [1.807, 2.05) is 24.3 Å². The van der Waals surface area contributed by atoms with Gasteiger partial charge < -0.3 is 10.1 Å². The molecule has 2 rings (SSSR count). The van der Waals surface area contributed by atoms with Gasteiger partial charge in [0, 0.05) is 22.6 Å². The van der Waals surface area contributed by atoms with Gasteiger partial charge in [-0.25, -0.2) is 0 Å². The monoisotopic (exact) mass is 415 g/mol. The minimum absolute atomic E-state index is 0.453. The summed E-state index contributed by atoms with van der Waals surface area (Å²) in [6, 6.07) is 12.1. The van der Waals surface area contributed by atoms with Gasteiger partial charge in [0.15, 0.2) is 0 Å². The second-order valence-corrected chi connectivity index (χ2v) is 7.21. The predicted molar refractivity (Wildman–Crippen MR) is 102 cm³/mol. The van der Waals surface area contributed by atoms with Crippen LogP contribution in [0, 0.1) is 0 Å². The zero-order valence-corrected chi connectivity index (χ0v) is 16.3. The van der Waals surface area contributed by atoms with Gasteiger partial charge in [0.05, 0.1) is 10.0 Å². The Hall–Kier alpha value is -0.740. The number of hydrogen-bond acceptors (Lipinski definition) is 2. The number of halogens is 3. The standard InChI is InChI=1S/C18H20BrCl2NO/c1-3-12(2)22-10-14-9-15(19)5-7-18(14)23-11-13-4-6-16(20)17(21)8-13/h4-9,12,22H,3,10-11H2,1-2H3. The Morgan fingerprint density at radius 1 is 1.13 bits per heavy atom. The average Bonchev–Trinajstić information content (AvgIpc) is 2.54. The highest BCUT2D eigenvalue weighted by molar-refractivity contribution is 9.10. The zero-order valence-electron chi connectivity index (χ0n) is 13.2. The topological polar surface area (TPSA) is 21.3 Å². The zero-order chi connectivity index (χ0) is 16.8. The highest BCUT2D eigenvalue weighted by Crippen LogP contribution is 2.26. The maximum atomic E-state index is 6.04. The highest BCUT2D eigenvalue weighted by atomic mass is 79.9. The molecule has 2 aromatic rings. The van der Waals surface area contributed by atoms with Crippen LogP contribution in [0.4, 0.5) is 0 Å². The molecule has 23 heavy (non-hydrogen) atoms. The van der Waals surface area contributed by atoms with Gasteiger partial charge in [-0.1, -0.05) is 52.1 Å². The molecule has 2 nitrogen and oxygen atoms in total. The Kier molecular flexibility index (Phi) is 7.22. The lowest BCUT2D eigenvalue weighted by molar-refractivity contribution is 0.301. The van der Waals surface area contributed by atoms with Gasteiger partial charge in [-0.3, -0.25) is 0 Å².